The van der Waals surface area contributed by atoms with E-state index in [1.54, 1.807) is 6.33 Å². The van der Waals surface area contributed by atoms with E-state index in [2.05, 4.69) is 15.0 Å². The molecule has 1 aliphatic carbocycles. The number of nitrogens with zero attached hydrogens (tertiary/aromatic N) is 3. The zero-order valence-corrected chi connectivity index (χ0v) is 8.81. The minimum Gasteiger partial charge on any atom is -0.383 e. The molecular weight excluding hydrogens is 206 g/mol. The summed E-state index contributed by atoms with van der Waals surface area (Å²) in [5.74, 6) is 0.298. The molecule has 0 spiro atoms. The zero-order chi connectivity index (χ0) is 11.1. The average molecular weight is 219 g/mol. The first-order chi connectivity index (χ1) is 7.75. The monoisotopic (exact) mass is 219 g/mol. The van der Waals surface area contributed by atoms with E-state index in [0.29, 0.717) is 23.0 Å². The van der Waals surface area contributed by atoms with Gasteiger partial charge in [0, 0.05) is 6.04 Å². The predicted molar refractivity (Wildman–Crippen MR) is 60.1 cm³/mol. The molecule has 1 fully saturated rings. The molecule has 0 bridgehead atoms. The van der Waals surface area contributed by atoms with Gasteiger partial charge in [-0.2, -0.15) is 4.98 Å². The molecule has 0 aromatic carbocycles. The van der Waals surface area contributed by atoms with E-state index in [1.165, 1.54) is 12.8 Å². The van der Waals surface area contributed by atoms with Gasteiger partial charge in [0.1, 0.15) is 11.3 Å². The lowest BCUT2D eigenvalue weighted by Crippen LogP contribution is -2.15. The maximum Gasteiger partial charge on any atom is 0.348 e. The van der Waals surface area contributed by atoms with Gasteiger partial charge in [-0.25, -0.2) is 9.78 Å². The van der Waals surface area contributed by atoms with Crippen LogP contribution in [0, 0.1) is 0 Å². The van der Waals surface area contributed by atoms with Gasteiger partial charge in [0.15, 0.2) is 5.65 Å². The van der Waals surface area contributed by atoms with E-state index in [1.807, 2.05) is 4.57 Å². The van der Waals surface area contributed by atoms with Crippen LogP contribution in [0.25, 0.3) is 11.2 Å². The highest BCUT2D eigenvalue weighted by Crippen LogP contribution is 2.31. The van der Waals surface area contributed by atoms with Gasteiger partial charge in [0.2, 0.25) is 0 Å². The van der Waals surface area contributed by atoms with Crippen LogP contribution in [0.2, 0.25) is 0 Å². The summed E-state index contributed by atoms with van der Waals surface area (Å²) in [6.45, 7) is 0. The molecule has 0 radical (unpaired) electrons. The van der Waals surface area contributed by atoms with E-state index in [4.69, 9.17) is 5.73 Å². The number of nitrogens with two attached hydrogens (primary N) is 1. The number of rotatable bonds is 1. The first kappa shape index (κ1) is 9.38. The van der Waals surface area contributed by atoms with Crippen molar-refractivity contribution >= 4 is 17.0 Å². The molecule has 0 amide bonds. The molecule has 0 saturated heterocycles. The highest BCUT2D eigenvalue weighted by atomic mass is 16.1. The van der Waals surface area contributed by atoms with Crippen molar-refractivity contribution in [1.29, 1.82) is 0 Å². The Hall–Kier alpha value is -1.85. The topological polar surface area (TPSA) is 89.6 Å². The molecule has 1 aliphatic rings. The van der Waals surface area contributed by atoms with Crippen LogP contribution in [0.15, 0.2) is 11.1 Å². The van der Waals surface area contributed by atoms with E-state index in [9.17, 15) is 4.79 Å². The van der Waals surface area contributed by atoms with Gasteiger partial charge in [-0.3, -0.25) is 4.98 Å². The maximum absolute atomic E-state index is 11.3. The van der Waals surface area contributed by atoms with Crippen LogP contribution in [0.4, 0.5) is 5.82 Å². The summed E-state index contributed by atoms with van der Waals surface area (Å²) < 4.78 is 1.98. The highest BCUT2D eigenvalue weighted by Gasteiger charge is 2.20. The molecule has 0 atom stereocenters. The summed E-state index contributed by atoms with van der Waals surface area (Å²) >= 11 is 0. The third-order valence-corrected chi connectivity index (χ3v) is 3.19. The zero-order valence-electron chi connectivity index (χ0n) is 8.81. The van der Waals surface area contributed by atoms with Gasteiger partial charge in [-0.05, 0) is 12.8 Å². The number of aromatic amines is 1. The number of hydrogen-bond acceptors (Lipinski definition) is 4. The number of hydrogen-bond donors (Lipinski definition) is 2. The van der Waals surface area contributed by atoms with Crippen LogP contribution in [-0.4, -0.2) is 19.5 Å². The molecule has 3 rings (SSSR count). The quantitative estimate of drug-likeness (QED) is 0.742. The molecule has 16 heavy (non-hydrogen) atoms. The Morgan fingerprint density at radius 3 is 2.94 bits per heavy atom. The fraction of sp³-hybridized carbons (Fsp3) is 0.500. The van der Waals surface area contributed by atoms with Crippen LogP contribution in [0.1, 0.15) is 31.7 Å². The molecule has 84 valence electrons. The summed E-state index contributed by atoms with van der Waals surface area (Å²) in [6.07, 6.45) is 6.43. The molecule has 3 N–H and O–H groups in total. The normalized spacial score (nSPS) is 17.2. The molecule has 2 heterocycles. The Bertz CT molecular complexity index is 578. The summed E-state index contributed by atoms with van der Waals surface area (Å²) in [4.78, 5) is 21.9. The SMILES string of the molecule is Nc1[nH]c(=O)nc2c1ncn2C1CCCC1. The van der Waals surface area contributed by atoms with Crippen LogP contribution in [-0.2, 0) is 0 Å². The smallest absolute Gasteiger partial charge is 0.348 e. The number of fused-ring (bicyclic) bond motifs is 1. The predicted octanol–water partition coefficient (Wildman–Crippen LogP) is 0.817. The van der Waals surface area contributed by atoms with Gasteiger partial charge in [0.25, 0.3) is 0 Å². The largest absolute Gasteiger partial charge is 0.383 e. The third kappa shape index (κ3) is 1.30. The van der Waals surface area contributed by atoms with E-state index in [0.717, 1.165) is 12.8 Å². The maximum atomic E-state index is 11.3. The number of nitrogens with one attached hydrogen (secondary N) is 1. The van der Waals surface area contributed by atoms with Gasteiger partial charge < -0.3 is 10.3 Å². The van der Waals surface area contributed by atoms with Crippen molar-refractivity contribution in [3.05, 3.63) is 16.8 Å². The third-order valence-electron chi connectivity index (χ3n) is 3.19. The van der Waals surface area contributed by atoms with Crippen molar-refractivity contribution in [3.63, 3.8) is 0 Å². The minimum atomic E-state index is -0.412. The number of aromatic nitrogens is 4. The van der Waals surface area contributed by atoms with E-state index >= 15 is 0 Å². The lowest BCUT2D eigenvalue weighted by atomic mass is 10.2. The van der Waals surface area contributed by atoms with E-state index in [-0.39, 0.29) is 0 Å². The minimum absolute atomic E-state index is 0.298. The molecule has 1 saturated carbocycles. The van der Waals surface area contributed by atoms with Gasteiger partial charge in [-0.1, -0.05) is 12.8 Å². The van der Waals surface area contributed by atoms with Crippen molar-refractivity contribution < 1.29 is 0 Å². The summed E-state index contributed by atoms with van der Waals surface area (Å²) in [6, 6.07) is 0.415. The van der Waals surface area contributed by atoms with Crippen LogP contribution in [0.3, 0.4) is 0 Å². The first-order valence-corrected chi connectivity index (χ1v) is 5.48. The lowest BCUT2D eigenvalue weighted by molar-refractivity contribution is 0.528. The number of anilines is 1. The van der Waals surface area contributed by atoms with Crippen molar-refractivity contribution in [2.45, 2.75) is 31.7 Å². The first-order valence-electron chi connectivity index (χ1n) is 5.48. The second kappa shape index (κ2) is 3.33. The fourth-order valence-corrected chi connectivity index (χ4v) is 2.40. The van der Waals surface area contributed by atoms with Crippen molar-refractivity contribution in [3.8, 4) is 0 Å². The lowest BCUT2D eigenvalue weighted by Gasteiger charge is -2.10. The fourth-order valence-electron chi connectivity index (χ4n) is 2.40. The van der Waals surface area contributed by atoms with Crippen molar-refractivity contribution in [1.82, 2.24) is 19.5 Å². The highest BCUT2D eigenvalue weighted by molar-refractivity contribution is 5.81. The Labute approximate surface area is 91.5 Å². The second-order valence-corrected chi connectivity index (χ2v) is 4.22. The Kier molecular flexibility index (Phi) is 1.95. The summed E-state index contributed by atoms with van der Waals surface area (Å²) in [7, 11) is 0. The average Bonchev–Trinajstić information content (AvgIpc) is 2.83. The van der Waals surface area contributed by atoms with Gasteiger partial charge in [-0.15, -0.1) is 0 Å². The van der Waals surface area contributed by atoms with Crippen molar-refractivity contribution in [2.75, 3.05) is 5.73 Å². The summed E-state index contributed by atoms with van der Waals surface area (Å²) in [5, 5.41) is 0. The molecule has 0 aliphatic heterocycles. The molecular formula is C10H13N5O. The van der Waals surface area contributed by atoms with Crippen LogP contribution in [0.5, 0.6) is 0 Å². The molecule has 6 nitrogen and oxygen atoms in total. The molecule has 2 aromatic heterocycles. The molecule has 0 unspecified atom stereocenters. The van der Waals surface area contributed by atoms with Crippen LogP contribution < -0.4 is 11.4 Å². The van der Waals surface area contributed by atoms with Gasteiger partial charge >= 0.3 is 5.69 Å². The number of imidazole rings is 1. The second-order valence-electron chi connectivity index (χ2n) is 4.22. The standard InChI is InChI=1S/C10H13N5O/c11-8-7-9(14-10(16)13-8)15(5-12-7)6-3-1-2-4-6/h5-6H,1-4H2,(H3,11,13,14,16). The van der Waals surface area contributed by atoms with Crippen molar-refractivity contribution in [2.24, 2.45) is 0 Å². The molecule has 2 aromatic rings. The van der Waals surface area contributed by atoms with Gasteiger partial charge in [0.05, 0.1) is 6.33 Å². The Morgan fingerprint density at radius 1 is 1.44 bits per heavy atom. The molecule has 6 heteroatoms. The van der Waals surface area contributed by atoms with Crippen LogP contribution >= 0.6 is 0 Å². The Morgan fingerprint density at radius 2 is 2.19 bits per heavy atom. The number of nitrogen functional groups attached to an aromatic ring is 1. The number of H-pyrrole nitrogens is 1. The summed E-state index contributed by atoms with van der Waals surface area (Å²) in [5.41, 5.74) is 6.48. The Balaban J connectivity index is 2.22. The van der Waals surface area contributed by atoms with E-state index < -0.39 is 5.69 Å².